The molecule has 2 aromatic carbocycles. The molecule has 2 aliphatic heterocycles. The van der Waals surface area contributed by atoms with Gasteiger partial charge < -0.3 is 20.1 Å². The van der Waals surface area contributed by atoms with Crippen LogP contribution in [0.1, 0.15) is 23.5 Å². The number of fused-ring (bicyclic) bond motifs is 2. The van der Waals surface area contributed by atoms with E-state index in [2.05, 4.69) is 10.6 Å². The topological polar surface area (TPSA) is 76.7 Å². The Hall–Kier alpha value is -2.80. The molecule has 0 spiro atoms. The summed E-state index contributed by atoms with van der Waals surface area (Å²) < 4.78 is 24.5. The molecule has 0 bridgehead atoms. The highest BCUT2D eigenvalue weighted by atomic mass is 35.5. The third kappa shape index (κ3) is 3.75. The van der Waals surface area contributed by atoms with Crippen molar-refractivity contribution in [2.45, 2.75) is 18.8 Å². The summed E-state index contributed by atoms with van der Waals surface area (Å²) in [6.45, 7) is 1.29. The van der Waals surface area contributed by atoms with Gasteiger partial charge in [0, 0.05) is 18.7 Å². The Kier molecular flexibility index (Phi) is 5.09. The molecule has 0 unspecified atom stereocenters. The standard InChI is InChI=1S/C20H18ClFN2O4/c21-15-7-11(8-17-19(15)28-6-5-27-17)3-4-23-20(26)14-10-18(25)24-16-9-12(22)1-2-13(14)16/h1-2,7-9,14H,3-6,10H2,(H,23,26)(H,24,25)/t14-/m0/s1. The van der Waals surface area contributed by atoms with Crippen LogP contribution >= 0.6 is 11.6 Å². The average molecular weight is 405 g/mol. The summed E-state index contributed by atoms with van der Waals surface area (Å²) in [6, 6.07) is 7.68. The van der Waals surface area contributed by atoms with Gasteiger partial charge in [-0.2, -0.15) is 0 Å². The molecular formula is C20H18ClFN2O4. The van der Waals surface area contributed by atoms with Crippen LogP contribution in [0.4, 0.5) is 10.1 Å². The SMILES string of the molecule is O=C1C[C@H](C(=O)NCCc2cc(Cl)c3c(c2)OCCO3)c2ccc(F)cc2N1. The second kappa shape index (κ2) is 7.67. The number of hydrogen-bond donors (Lipinski definition) is 2. The first kappa shape index (κ1) is 18.6. The molecule has 8 heteroatoms. The summed E-state index contributed by atoms with van der Waals surface area (Å²) in [7, 11) is 0. The molecule has 2 N–H and O–H groups in total. The number of hydrogen-bond acceptors (Lipinski definition) is 4. The summed E-state index contributed by atoms with van der Waals surface area (Å²) in [4.78, 5) is 24.5. The van der Waals surface area contributed by atoms with Crippen molar-refractivity contribution in [3.05, 3.63) is 52.3 Å². The van der Waals surface area contributed by atoms with Crippen LogP contribution < -0.4 is 20.1 Å². The molecule has 0 aliphatic carbocycles. The largest absolute Gasteiger partial charge is 0.486 e. The second-order valence-corrected chi connectivity index (χ2v) is 7.09. The van der Waals surface area contributed by atoms with Crippen LogP contribution in [0.25, 0.3) is 0 Å². The van der Waals surface area contributed by atoms with Gasteiger partial charge in [0.25, 0.3) is 0 Å². The van der Waals surface area contributed by atoms with E-state index in [1.54, 1.807) is 6.07 Å². The lowest BCUT2D eigenvalue weighted by molar-refractivity contribution is -0.126. The normalized spacial score (nSPS) is 17.5. The van der Waals surface area contributed by atoms with Gasteiger partial charge in [-0.3, -0.25) is 9.59 Å². The van der Waals surface area contributed by atoms with Gasteiger partial charge in [-0.25, -0.2) is 4.39 Å². The van der Waals surface area contributed by atoms with E-state index in [0.29, 0.717) is 54.0 Å². The summed E-state index contributed by atoms with van der Waals surface area (Å²) in [5, 5.41) is 5.92. The maximum absolute atomic E-state index is 13.4. The Morgan fingerprint density at radius 2 is 2.07 bits per heavy atom. The van der Waals surface area contributed by atoms with E-state index in [4.69, 9.17) is 21.1 Å². The predicted octanol–water partition coefficient (Wildman–Crippen LogP) is 3.04. The fraction of sp³-hybridized carbons (Fsp3) is 0.300. The van der Waals surface area contributed by atoms with Gasteiger partial charge in [-0.05, 0) is 41.8 Å². The van der Waals surface area contributed by atoms with Crippen LogP contribution in [0.3, 0.4) is 0 Å². The highest BCUT2D eigenvalue weighted by Gasteiger charge is 2.30. The van der Waals surface area contributed by atoms with Crippen molar-refractivity contribution in [3.8, 4) is 11.5 Å². The first-order chi connectivity index (χ1) is 13.5. The summed E-state index contributed by atoms with van der Waals surface area (Å²) >= 11 is 6.23. The Morgan fingerprint density at radius 3 is 2.93 bits per heavy atom. The number of amides is 2. The lowest BCUT2D eigenvalue weighted by Gasteiger charge is -2.25. The molecule has 0 radical (unpaired) electrons. The Bertz CT molecular complexity index is 950. The zero-order valence-electron chi connectivity index (χ0n) is 14.9. The summed E-state index contributed by atoms with van der Waals surface area (Å²) in [5.41, 5.74) is 1.86. The molecule has 2 heterocycles. The Balaban J connectivity index is 1.42. The van der Waals surface area contributed by atoms with Crippen molar-refractivity contribution in [1.82, 2.24) is 5.32 Å². The fourth-order valence-electron chi connectivity index (χ4n) is 3.43. The smallest absolute Gasteiger partial charge is 0.228 e. The van der Waals surface area contributed by atoms with E-state index in [-0.39, 0.29) is 18.2 Å². The van der Waals surface area contributed by atoms with Gasteiger partial charge in [0.1, 0.15) is 19.0 Å². The molecule has 146 valence electrons. The minimum absolute atomic E-state index is 0.0281. The Labute approximate surface area is 166 Å². The number of ether oxygens (including phenoxy) is 2. The van der Waals surface area contributed by atoms with Gasteiger partial charge in [0.2, 0.25) is 11.8 Å². The highest BCUT2D eigenvalue weighted by Crippen LogP contribution is 2.38. The van der Waals surface area contributed by atoms with E-state index < -0.39 is 11.7 Å². The first-order valence-corrected chi connectivity index (χ1v) is 9.34. The molecular weight excluding hydrogens is 387 g/mol. The number of rotatable bonds is 4. The maximum Gasteiger partial charge on any atom is 0.228 e. The van der Waals surface area contributed by atoms with Gasteiger partial charge >= 0.3 is 0 Å². The maximum atomic E-state index is 13.4. The van der Waals surface area contributed by atoms with Gasteiger partial charge in [0.05, 0.1) is 10.9 Å². The third-order valence-corrected chi connectivity index (χ3v) is 5.02. The van der Waals surface area contributed by atoms with Crippen LogP contribution in [0.2, 0.25) is 5.02 Å². The molecule has 0 saturated heterocycles. The third-order valence-electron chi connectivity index (χ3n) is 4.74. The fourth-order valence-corrected chi connectivity index (χ4v) is 3.72. The van der Waals surface area contributed by atoms with Gasteiger partial charge in [0.15, 0.2) is 11.5 Å². The van der Waals surface area contributed by atoms with Crippen LogP contribution in [0.15, 0.2) is 30.3 Å². The molecule has 1 atom stereocenters. The zero-order chi connectivity index (χ0) is 19.7. The van der Waals surface area contributed by atoms with E-state index in [0.717, 1.165) is 5.56 Å². The number of carbonyl (C=O) groups is 2. The minimum atomic E-state index is -0.645. The van der Waals surface area contributed by atoms with E-state index in [1.165, 1.54) is 18.2 Å². The lowest BCUT2D eigenvalue weighted by Crippen LogP contribution is -2.36. The van der Waals surface area contributed by atoms with Crippen molar-refractivity contribution < 1.29 is 23.5 Å². The van der Waals surface area contributed by atoms with Crippen LogP contribution in [0, 0.1) is 5.82 Å². The number of anilines is 1. The quantitative estimate of drug-likeness (QED) is 0.821. The minimum Gasteiger partial charge on any atom is -0.486 e. The van der Waals surface area contributed by atoms with E-state index >= 15 is 0 Å². The molecule has 6 nitrogen and oxygen atoms in total. The number of benzene rings is 2. The molecule has 0 aromatic heterocycles. The molecule has 2 aromatic rings. The van der Waals surface area contributed by atoms with Crippen molar-refractivity contribution in [2.75, 3.05) is 25.1 Å². The number of carbonyl (C=O) groups excluding carboxylic acids is 2. The predicted molar refractivity (Wildman–Crippen MR) is 102 cm³/mol. The van der Waals surface area contributed by atoms with Crippen LogP contribution in [-0.2, 0) is 16.0 Å². The monoisotopic (exact) mass is 404 g/mol. The summed E-state index contributed by atoms with van der Waals surface area (Å²) in [5.74, 6) is -0.551. The van der Waals surface area contributed by atoms with Crippen LogP contribution in [-0.4, -0.2) is 31.6 Å². The molecule has 0 saturated carbocycles. The van der Waals surface area contributed by atoms with E-state index in [1.807, 2.05) is 6.07 Å². The zero-order valence-corrected chi connectivity index (χ0v) is 15.6. The first-order valence-electron chi connectivity index (χ1n) is 8.96. The van der Waals surface area contributed by atoms with E-state index in [9.17, 15) is 14.0 Å². The van der Waals surface area contributed by atoms with Gasteiger partial charge in [-0.15, -0.1) is 0 Å². The molecule has 28 heavy (non-hydrogen) atoms. The second-order valence-electron chi connectivity index (χ2n) is 6.68. The average Bonchev–Trinajstić information content (AvgIpc) is 2.67. The molecule has 2 aliphatic rings. The van der Waals surface area contributed by atoms with Gasteiger partial charge in [-0.1, -0.05) is 17.7 Å². The van der Waals surface area contributed by atoms with Crippen molar-refractivity contribution in [1.29, 1.82) is 0 Å². The summed E-state index contributed by atoms with van der Waals surface area (Å²) in [6.07, 6.45) is 0.567. The van der Waals surface area contributed by atoms with Crippen LogP contribution in [0.5, 0.6) is 11.5 Å². The lowest BCUT2D eigenvalue weighted by atomic mass is 9.89. The number of nitrogens with one attached hydrogen (secondary N) is 2. The van der Waals surface area contributed by atoms with Crippen molar-refractivity contribution >= 4 is 29.1 Å². The molecule has 2 amide bonds. The molecule has 4 rings (SSSR count). The Morgan fingerprint density at radius 1 is 1.25 bits per heavy atom. The van der Waals surface area contributed by atoms with Crippen molar-refractivity contribution in [3.63, 3.8) is 0 Å². The molecule has 0 fully saturated rings. The number of halogens is 2. The highest BCUT2D eigenvalue weighted by molar-refractivity contribution is 6.32. The van der Waals surface area contributed by atoms with Crippen molar-refractivity contribution in [2.24, 2.45) is 0 Å².